The highest BCUT2D eigenvalue weighted by atomic mass is 35.5. The molecule has 1 saturated carbocycles. The number of nitrogens with zero attached hydrogens (tertiary/aromatic N) is 2. The van der Waals surface area contributed by atoms with E-state index in [1.54, 1.807) is 0 Å². The molecule has 0 bridgehead atoms. The molecule has 0 aromatic carbocycles. The fourth-order valence-electron chi connectivity index (χ4n) is 2.88. The molecule has 1 aromatic rings. The van der Waals surface area contributed by atoms with Gasteiger partial charge in [-0.05, 0) is 36.3 Å². The smallest absolute Gasteiger partial charge is 0.370 e. The van der Waals surface area contributed by atoms with Crippen LogP contribution in [0.3, 0.4) is 0 Å². The highest BCUT2D eigenvalue weighted by molar-refractivity contribution is 6.28. The molecule has 0 radical (unpaired) electrons. The molecule has 3 nitrogen and oxygen atoms in total. The van der Waals surface area contributed by atoms with Crippen LogP contribution in [0.2, 0.25) is 5.28 Å². The molecular weight excluding hydrogens is 303 g/mol. The summed E-state index contributed by atoms with van der Waals surface area (Å²) < 4.78 is 37.9. The van der Waals surface area contributed by atoms with Crippen LogP contribution in [-0.2, 0) is 6.18 Å². The average Bonchev–Trinajstić information content (AvgIpc) is 2.37. The molecule has 0 aliphatic heterocycles. The van der Waals surface area contributed by atoms with Crippen molar-refractivity contribution >= 4 is 17.4 Å². The quantitative estimate of drug-likeness (QED) is 0.811. The maximum Gasteiger partial charge on any atom is 0.433 e. The summed E-state index contributed by atoms with van der Waals surface area (Å²) in [6.45, 7) is 2.85. The van der Waals surface area contributed by atoms with Gasteiger partial charge in [0.15, 0.2) is 5.69 Å². The van der Waals surface area contributed by atoms with Crippen molar-refractivity contribution in [2.75, 3.05) is 11.9 Å². The molecule has 118 valence electrons. The van der Waals surface area contributed by atoms with E-state index in [9.17, 15) is 13.2 Å². The number of aromatic nitrogens is 2. The molecule has 2 rings (SSSR count). The van der Waals surface area contributed by atoms with Crippen molar-refractivity contribution in [2.45, 2.75) is 45.2 Å². The van der Waals surface area contributed by atoms with Crippen molar-refractivity contribution < 1.29 is 13.2 Å². The van der Waals surface area contributed by atoms with Crippen LogP contribution in [0, 0.1) is 11.8 Å². The van der Waals surface area contributed by atoms with Crippen LogP contribution >= 0.6 is 11.6 Å². The topological polar surface area (TPSA) is 37.8 Å². The highest BCUT2D eigenvalue weighted by Crippen LogP contribution is 2.31. The molecule has 0 saturated heterocycles. The molecule has 1 aromatic heterocycles. The fourth-order valence-corrected chi connectivity index (χ4v) is 3.06. The lowest BCUT2D eigenvalue weighted by Crippen LogP contribution is -2.17. The minimum Gasteiger partial charge on any atom is -0.370 e. The van der Waals surface area contributed by atoms with Crippen molar-refractivity contribution in [1.29, 1.82) is 0 Å². The Morgan fingerprint density at radius 3 is 2.76 bits per heavy atom. The summed E-state index contributed by atoms with van der Waals surface area (Å²) in [5.41, 5.74) is -1.02. The molecule has 1 heterocycles. The minimum absolute atomic E-state index is 0.131. The third-order valence-corrected chi connectivity index (χ3v) is 4.06. The van der Waals surface area contributed by atoms with Crippen molar-refractivity contribution in [3.8, 4) is 0 Å². The predicted molar refractivity (Wildman–Crippen MR) is 76.3 cm³/mol. The molecule has 21 heavy (non-hydrogen) atoms. The van der Waals surface area contributed by atoms with E-state index < -0.39 is 17.2 Å². The van der Waals surface area contributed by atoms with Gasteiger partial charge in [0, 0.05) is 12.6 Å². The van der Waals surface area contributed by atoms with Gasteiger partial charge in [0.2, 0.25) is 5.28 Å². The number of anilines is 1. The molecule has 7 heteroatoms. The number of hydrogen-bond donors (Lipinski definition) is 1. The molecular formula is C14H19ClF3N3. The molecule has 1 fully saturated rings. The zero-order valence-electron chi connectivity index (χ0n) is 11.9. The Balaban J connectivity index is 1.89. The van der Waals surface area contributed by atoms with Crippen LogP contribution in [0.15, 0.2) is 6.07 Å². The summed E-state index contributed by atoms with van der Waals surface area (Å²) in [7, 11) is 0. The van der Waals surface area contributed by atoms with Gasteiger partial charge in [-0.15, -0.1) is 0 Å². The Bertz CT molecular complexity index is 479. The van der Waals surface area contributed by atoms with Gasteiger partial charge in [-0.3, -0.25) is 0 Å². The van der Waals surface area contributed by atoms with Gasteiger partial charge in [0.05, 0.1) is 0 Å². The van der Waals surface area contributed by atoms with E-state index in [0.29, 0.717) is 12.5 Å². The second-order valence-electron chi connectivity index (χ2n) is 5.76. The largest absolute Gasteiger partial charge is 0.433 e. The van der Waals surface area contributed by atoms with E-state index in [1.165, 1.54) is 25.7 Å². The summed E-state index contributed by atoms with van der Waals surface area (Å²) in [5, 5.41) is 2.53. The third-order valence-electron chi connectivity index (χ3n) is 3.89. The zero-order chi connectivity index (χ0) is 15.5. The summed E-state index contributed by atoms with van der Waals surface area (Å²) in [5.74, 6) is 1.51. The van der Waals surface area contributed by atoms with Crippen molar-refractivity contribution in [2.24, 2.45) is 11.8 Å². The van der Waals surface area contributed by atoms with Crippen LogP contribution in [-0.4, -0.2) is 16.5 Å². The Labute approximate surface area is 127 Å². The lowest BCUT2D eigenvalue weighted by molar-refractivity contribution is -0.141. The maximum atomic E-state index is 12.6. The minimum atomic E-state index is -4.51. The maximum absolute atomic E-state index is 12.6. The van der Waals surface area contributed by atoms with Crippen molar-refractivity contribution in [1.82, 2.24) is 9.97 Å². The zero-order valence-corrected chi connectivity index (χ0v) is 12.6. The van der Waals surface area contributed by atoms with Crippen LogP contribution < -0.4 is 5.32 Å². The second kappa shape index (κ2) is 6.81. The van der Waals surface area contributed by atoms with Crippen molar-refractivity contribution in [3.05, 3.63) is 17.0 Å². The SMILES string of the molecule is CC1CCCC(CCNc2cc(C(F)(F)F)nc(Cl)n2)C1. The van der Waals surface area contributed by atoms with Crippen LogP contribution in [0.25, 0.3) is 0 Å². The first kappa shape index (κ1) is 16.3. The lowest BCUT2D eigenvalue weighted by atomic mass is 9.81. The Hall–Kier alpha value is -1.04. The van der Waals surface area contributed by atoms with E-state index in [1.807, 2.05) is 0 Å². The molecule has 0 spiro atoms. The predicted octanol–water partition coefficient (Wildman–Crippen LogP) is 4.78. The van der Waals surface area contributed by atoms with E-state index in [0.717, 1.165) is 18.4 Å². The van der Waals surface area contributed by atoms with E-state index in [2.05, 4.69) is 22.2 Å². The monoisotopic (exact) mass is 321 g/mol. The normalized spacial score (nSPS) is 23.1. The number of hydrogen-bond acceptors (Lipinski definition) is 3. The summed E-state index contributed by atoms with van der Waals surface area (Å²) in [6.07, 6.45) is 1.34. The Morgan fingerprint density at radius 2 is 2.10 bits per heavy atom. The van der Waals surface area contributed by atoms with Crippen LogP contribution in [0.4, 0.5) is 19.0 Å². The summed E-state index contributed by atoms with van der Waals surface area (Å²) in [4.78, 5) is 6.99. The molecule has 0 amide bonds. The number of rotatable bonds is 4. The van der Waals surface area contributed by atoms with Gasteiger partial charge in [-0.1, -0.05) is 26.2 Å². The molecule has 2 atom stereocenters. The molecule has 2 unspecified atom stereocenters. The van der Waals surface area contributed by atoms with E-state index in [-0.39, 0.29) is 5.82 Å². The van der Waals surface area contributed by atoms with Gasteiger partial charge in [-0.2, -0.15) is 13.2 Å². The third kappa shape index (κ3) is 5.02. The van der Waals surface area contributed by atoms with E-state index in [4.69, 9.17) is 11.6 Å². The fraction of sp³-hybridized carbons (Fsp3) is 0.714. The molecule has 1 N–H and O–H groups in total. The van der Waals surface area contributed by atoms with Gasteiger partial charge < -0.3 is 5.32 Å². The first-order valence-corrected chi connectivity index (χ1v) is 7.58. The average molecular weight is 322 g/mol. The molecule has 1 aliphatic carbocycles. The number of nitrogens with one attached hydrogen (secondary N) is 1. The highest BCUT2D eigenvalue weighted by Gasteiger charge is 2.33. The first-order chi connectivity index (χ1) is 9.84. The summed E-state index contributed by atoms with van der Waals surface area (Å²) >= 11 is 5.54. The summed E-state index contributed by atoms with van der Waals surface area (Å²) in [6, 6.07) is 0.898. The standard InChI is InChI=1S/C14H19ClF3N3/c1-9-3-2-4-10(7-9)5-6-19-12-8-11(14(16,17)18)20-13(15)21-12/h8-10H,2-7H2,1H3,(H,19,20,21). The number of alkyl halides is 3. The number of halogens is 4. The van der Waals surface area contributed by atoms with Gasteiger partial charge in [0.1, 0.15) is 5.82 Å². The van der Waals surface area contributed by atoms with Gasteiger partial charge in [-0.25, -0.2) is 9.97 Å². The molecule has 1 aliphatic rings. The van der Waals surface area contributed by atoms with Crippen LogP contribution in [0.5, 0.6) is 0 Å². The van der Waals surface area contributed by atoms with E-state index >= 15 is 0 Å². The van der Waals surface area contributed by atoms with Crippen molar-refractivity contribution in [3.63, 3.8) is 0 Å². The first-order valence-electron chi connectivity index (χ1n) is 7.20. The Kier molecular flexibility index (Phi) is 5.30. The van der Waals surface area contributed by atoms with Crippen LogP contribution in [0.1, 0.15) is 44.7 Å². The van der Waals surface area contributed by atoms with Gasteiger partial charge >= 0.3 is 6.18 Å². The Morgan fingerprint density at radius 1 is 1.33 bits per heavy atom. The second-order valence-corrected chi connectivity index (χ2v) is 6.10. The lowest BCUT2D eigenvalue weighted by Gasteiger charge is -2.26. The van der Waals surface area contributed by atoms with Gasteiger partial charge in [0.25, 0.3) is 0 Å².